The minimum Gasteiger partial charge on any atom is -0.406 e. The molecule has 0 aliphatic rings. The smallest absolute Gasteiger partial charge is 0.338 e. The molecule has 0 aliphatic carbocycles. The van der Waals surface area contributed by atoms with Gasteiger partial charge in [0.15, 0.2) is 0 Å². The van der Waals surface area contributed by atoms with Gasteiger partial charge in [-0.1, -0.05) is 0 Å². The third-order valence-electron chi connectivity index (χ3n) is 1.83. The molecular weight excluding hydrogens is 170 g/mol. The molecule has 13 heavy (non-hydrogen) atoms. The topological polar surface area (TPSA) is 51.7 Å². The fourth-order valence-corrected chi connectivity index (χ4v) is 1.13. The Bertz CT molecular complexity index is 565. The molecule has 0 aliphatic heterocycles. The van der Waals surface area contributed by atoms with Crippen LogP contribution in [0.25, 0.3) is 5.71 Å². The highest BCUT2D eigenvalue weighted by Gasteiger charge is 1.99. The van der Waals surface area contributed by atoms with Gasteiger partial charge in [-0.05, 0) is 19.1 Å². The number of fused-ring (bicyclic) bond motifs is 1. The standard InChI is InChI=1S/C9H7NO3/c1-6-2-3-7-10(9(6)12)5-4-8(11)13-7/h2-5H,1H3. The summed E-state index contributed by atoms with van der Waals surface area (Å²) >= 11 is 0. The van der Waals surface area contributed by atoms with Crippen LogP contribution in [0.3, 0.4) is 0 Å². The Hall–Kier alpha value is -1.84. The second kappa shape index (κ2) is 2.58. The quantitative estimate of drug-likeness (QED) is 0.590. The average molecular weight is 177 g/mol. The SMILES string of the molecule is Cc1ccc2oc(=O)ccn2c1=O. The monoisotopic (exact) mass is 177 g/mol. The van der Waals surface area contributed by atoms with Crippen molar-refractivity contribution in [2.24, 2.45) is 0 Å². The first-order valence-electron chi connectivity index (χ1n) is 3.80. The number of aromatic nitrogens is 1. The van der Waals surface area contributed by atoms with Crippen molar-refractivity contribution in [3.63, 3.8) is 0 Å². The van der Waals surface area contributed by atoms with Crippen LogP contribution in [0.15, 0.2) is 38.4 Å². The first-order chi connectivity index (χ1) is 6.18. The van der Waals surface area contributed by atoms with E-state index in [2.05, 4.69) is 0 Å². The van der Waals surface area contributed by atoms with Crippen molar-refractivity contribution in [2.75, 3.05) is 0 Å². The zero-order valence-corrected chi connectivity index (χ0v) is 6.98. The Kier molecular flexibility index (Phi) is 1.55. The molecule has 2 aromatic heterocycles. The third-order valence-corrected chi connectivity index (χ3v) is 1.83. The van der Waals surface area contributed by atoms with Crippen LogP contribution in [-0.4, -0.2) is 4.40 Å². The van der Waals surface area contributed by atoms with E-state index in [-0.39, 0.29) is 11.3 Å². The minimum atomic E-state index is -0.455. The summed E-state index contributed by atoms with van der Waals surface area (Å²) in [7, 11) is 0. The summed E-state index contributed by atoms with van der Waals surface area (Å²) in [5.41, 5.74) is 0.263. The number of nitrogens with zero attached hydrogens (tertiary/aromatic N) is 1. The van der Waals surface area contributed by atoms with Gasteiger partial charge in [0.2, 0.25) is 5.71 Å². The van der Waals surface area contributed by atoms with E-state index in [4.69, 9.17) is 4.42 Å². The van der Waals surface area contributed by atoms with Gasteiger partial charge in [0.05, 0.1) is 0 Å². The predicted molar refractivity (Wildman–Crippen MR) is 46.9 cm³/mol. The molecule has 4 heteroatoms. The van der Waals surface area contributed by atoms with Crippen molar-refractivity contribution in [2.45, 2.75) is 6.92 Å². The fourth-order valence-electron chi connectivity index (χ4n) is 1.13. The molecule has 0 fully saturated rings. The van der Waals surface area contributed by atoms with Gasteiger partial charge in [-0.3, -0.25) is 9.20 Å². The van der Waals surface area contributed by atoms with E-state index in [1.165, 1.54) is 16.7 Å². The van der Waals surface area contributed by atoms with E-state index in [1.807, 2.05) is 0 Å². The van der Waals surface area contributed by atoms with Crippen LogP contribution in [0.2, 0.25) is 0 Å². The molecule has 0 saturated carbocycles. The molecule has 0 aromatic carbocycles. The lowest BCUT2D eigenvalue weighted by molar-refractivity contribution is 0.531. The molecule has 0 radical (unpaired) electrons. The molecule has 2 aromatic rings. The predicted octanol–water partition coefficient (Wildman–Crippen LogP) is 0.561. The summed E-state index contributed by atoms with van der Waals surface area (Å²) < 4.78 is 6.11. The summed E-state index contributed by atoms with van der Waals surface area (Å²) in [6.07, 6.45) is 1.41. The summed E-state index contributed by atoms with van der Waals surface area (Å²) in [6.45, 7) is 1.71. The highest BCUT2D eigenvalue weighted by Crippen LogP contribution is 1.97. The molecule has 0 atom stereocenters. The molecule has 0 unspecified atom stereocenters. The maximum atomic E-state index is 11.4. The summed E-state index contributed by atoms with van der Waals surface area (Å²) in [4.78, 5) is 22.2. The summed E-state index contributed by atoms with van der Waals surface area (Å²) in [5, 5.41) is 0. The van der Waals surface area contributed by atoms with Crippen LogP contribution in [-0.2, 0) is 0 Å². The van der Waals surface area contributed by atoms with E-state index in [9.17, 15) is 9.59 Å². The largest absolute Gasteiger partial charge is 0.406 e. The molecule has 2 rings (SSSR count). The molecule has 4 nitrogen and oxygen atoms in total. The molecular formula is C9H7NO3. The molecule has 0 bridgehead atoms. The van der Waals surface area contributed by atoms with Crippen molar-refractivity contribution in [3.8, 4) is 0 Å². The van der Waals surface area contributed by atoms with Crippen molar-refractivity contribution < 1.29 is 4.42 Å². The Morgan fingerprint density at radius 3 is 2.77 bits per heavy atom. The van der Waals surface area contributed by atoms with Crippen molar-refractivity contribution >= 4 is 5.71 Å². The number of rotatable bonds is 0. The lowest BCUT2D eigenvalue weighted by atomic mass is 10.3. The zero-order valence-electron chi connectivity index (χ0n) is 6.98. The van der Waals surface area contributed by atoms with E-state index in [0.717, 1.165) is 0 Å². The average Bonchev–Trinajstić information content (AvgIpc) is 2.12. The molecule has 0 amide bonds. The number of hydrogen-bond donors (Lipinski definition) is 0. The molecule has 0 N–H and O–H groups in total. The molecule has 66 valence electrons. The number of hydrogen-bond acceptors (Lipinski definition) is 3. The first-order valence-corrected chi connectivity index (χ1v) is 3.80. The summed E-state index contributed by atoms with van der Waals surface area (Å²) in [6, 6.07) is 4.44. The maximum absolute atomic E-state index is 11.4. The van der Waals surface area contributed by atoms with E-state index in [0.29, 0.717) is 5.56 Å². The lowest BCUT2D eigenvalue weighted by Crippen LogP contribution is -2.17. The second-order valence-electron chi connectivity index (χ2n) is 2.77. The minimum absolute atomic E-state index is 0.166. The van der Waals surface area contributed by atoms with Gasteiger partial charge < -0.3 is 4.42 Å². The lowest BCUT2D eigenvalue weighted by Gasteiger charge is -1.97. The Labute approximate surface area is 73.1 Å². The van der Waals surface area contributed by atoms with Crippen LogP contribution in [0, 0.1) is 6.92 Å². The van der Waals surface area contributed by atoms with Gasteiger partial charge in [-0.2, -0.15) is 0 Å². The van der Waals surface area contributed by atoms with Gasteiger partial charge in [-0.25, -0.2) is 4.79 Å². The van der Waals surface area contributed by atoms with Crippen LogP contribution in [0.4, 0.5) is 0 Å². The normalized spacial score (nSPS) is 10.5. The van der Waals surface area contributed by atoms with Gasteiger partial charge in [-0.15, -0.1) is 0 Å². The van der Waals surface area contributed by atoms with Gasteiger partial charge in [0.1, 0.15) is 0 Å². The number of aryl methyl sites for hydroxylation is 1. The van der Waals surface area contributed by atoms with Crippen LogP contribution >= 0.6 is 0 Å². The fraction of sp³-hybridized carbons (Fsp3) is 0.111. The van der Waals surface area contributed by atoms with Crippen molar-refractivity contribution in [1.82, 2.24) is 4.40 Å². The van der Waals surface area contributed by atoms with E-state index in [1.54, 1.807) is 19.1 Å². The highest BCUT2D eigenvalue weighted by atomic mass is 16.4. The molecule has 2 heterocycles. The third kappa shape index (κ3) is 1.16. The zero-order chi connectivity index (χ0) is 9.42. The van der Waals surface area contributed by atoms with E-state index >= 15 is 0 Å². The maximum Gasteiger partial charge on any atom is 0.338 e. The molecule has 0 spiro atoms. The van der Waals surface area contributed by atoms with Gasteiger partial charge in [0.25, 0.3) is 5.56 Å². The summed E-state index contributed by atoms with van der Waals surface area (Å²) in [5.74, 6) is 0. The van der Waals surface area contributed by atoms with Crippen LogP contribution in [0.1, 0.15) is 5.56 Å². The highest BCUT2D eigenvalue weighted by molar-refractivity contribution is 5.34. The number of pyridine rings is 1. The van der Waals surface area contributed by atoms with Gasteiger partial charge in [0, 0.05) is 17.8 Å². The second-order valence-corrected chi connectivity index (χ2v) is 2.77. The molecule has 0 saturated heterocycles. The van der Waals surface area contributed by atoms with Crippen LogP contribution in [0.5, 0.6) is 0 Å². The Morgan fingerprint density at radius 1 is 1.23 bits per heavy atom. The van der Waals surface area contributed by atoms with Crippen molar-refractivity contribution in [1.29, 1.82) is 0 Å². The van der Waals surface area contributed by atoms with Crippen molar-refractivity contribution in [3.05, 3.63) is 50.7 Å². The van der Waals surface area contributed by atoms with Crippen LogP contribution < -0.4 is 11.2 Å². The Morgan fingerprint density at radius 2 is 2.00 bits per heavy atom. The van der Waals surface area contributed by atoms with E-state index < -0.39 is 5.63 Å². The first kappa shape index (κ1) is 7.79. The van der Waals surface area contributed by atoms with Gasteiger partial charge >= 0.3 is 5.63 Å². The Balaban J connectivity index is 3.03.